The summed E-state index contributed by atoms with van der Waals surface area (Å²) >= 11 is 1.69. The lowest BCUT2D eigenvalue weighted by atomic mass is 10.4. The third-order valence-electron chi connectivity index (χ3n) is 2.34. The molecule has 3 nitrogen and oxygen atoms in total. The maximum atomic E-state index is 11.6. The Balaban J connectivity index is 2.49. The van der Waals surface area contributed by atoms with Crippen molar-refractivity contribution < 1.29 is 9.53 Å². The first-order valence-corrected chi connectivity index (χ1v) is 5.68. The van der Waals surface area contributed by atoms with Crippen molar-refractivity contribution in [3.05, 3.63) is 22.7 Å². The van der Waals surface area contributed by atoms with Gasteiger partial charge in [0.15, 0.2) is 0 Å². The number of thiophene rings is 1. The molecule has 0 N–H and O–H groups in total. The summed E-state index contributed by atoms with van der Waals surface area (Å²) in [5, 5.41) is 0. The first-order chi connectivity index (χ1) is 7.13. The van der Waals surface area contributed by atoms with E-state index in [0.717, 1.165) is 10.2 Å². The molecule has 2 rings (SSSR count). The molecule has 2 aromatic rings. The van der Waals surface area contributed by atoms with Crippen molar-refractivity contribution in [1.29, 1.82) is 0 Å². The Labute approximate surface area is 92.3 Å². The first-order valence-electron chi connectivity index (χ1n) is 4.86. The molecule has 0 atom stereocenters. The van der Waals surface area contributed by atoms with Crippen LogP contribution in [-0.4, -0.2) is 17.1 Å². The molecule has 0 aliphatic rings. The van der Waals surface area contributed by atoms with Crippen LogP contribution in [0, 0.1) is 6.92 Å². The number of rotatable bonds is 2. The van der Waals surface area contributed by atoms with Crippen molar-refractivity contribution in [3.63, 3.8) is 0 Å². The SMILES string of the molecule is CCOC(=O)c1cc2sc(C)cc2n1C. The Morgan fingerprint density at radius 3 is 2.87 bits per heavy atom. The third kappa shape index (κ3) is 1.65. The fraction of sp³-hybridized carbons (Fsp3) is 0.364. The second-order valence-corrected chi connectivity index (χ2v) is 4.70. The summed E-state index contributed by atoms with van der Waals surface area (Å²) < 4.78 is 8.01. The molecule has 0 saturated carbocycles. The van der Waals surface area contributed by atoms with Gasteiger partial charge in [-0.15, -0.1) is 11.3 Å². The van der Waals surface area contributed by atoms with E-state index in [0.29, 0.717) is 12.3 Å². The van der Waals surface area contributed by atoms with Gasteiger partial charge in [-0.25, -0.2) is 4.79 Å². The Bertz CT molecular complexity index is 510. The number of carbonyl (C=O) groups is 1. The number of ether oxygens (including phenoxy) is 1. The van der Waals surface area contributed by atoms with Crippen LogP contribution in [0.2, 0.25) is 0 Å². The topological polar surface area (TPSA) is 31.2 Å². The molecule has 0 bridgehead atoms. The van der Waals surface area contributed by atoms with E-state index >= 15 is 0 Å². The number of nitrogens with zero attached hydrogens (tertiary/aromatic N) is 1. The quantitative estimate of drug-likeness (QED) is 0.733. The highest BCUT2D eigenvalue weighted by Gasteiger charge is 2.15. The fourth-order valence-electron chi connectivity index (χ4n) is 1.64. The molecular formula is C11H13NO2S. The maximum Gasteiger partial charge on any atom is 0.354 e. The van der Waals surface area contributed by atoms with E-state index in [-0.39, 0.29) is 5.97 Å². The van der Waals surface area contributed by atoms with Crippen molar-refractivity contribution in [2.75, 3.05) is 6.61 Å². The molecule has 0 saturated heterocycles. The fourth-order valence-corrected chi connectivity index (χ4v) is 2.62. The van der Waals surface area contributed by atoms with Gasteiger partial charge in [0.2, 0.25) is 0 Å². The zero-order chi connectivity index (χ0) is 11.0. The molecule has 0 unspecified atom stereocenters. The first kappa shape index (κ1) is 10.2. The minimum absolute atomic E-state index is 0.249. The molecule has 4 heteroatoms. The van der Waals surface area contributed by atoms with Crippen molar-refractivity contribution in [2.45, 2.75) is 13.8 Å². The van der Waals surface area contributed by atoms with Crippen LogP contribution in [0.25, 0.3) is 10.2 Å². The zero-order valence-corrected chi connectivity index (χ0v) is 9.85. The standard InChI is InChI=1S/C11H13NO2S/c1-4-14-11(13)9-6-10-8(12(9)3)5-7(2)15-10/h5-6H,4H2,1-3H3. The number of hydrogen-bond acceptors (Lipinski definition) is 3. The normalized spacial score (nSPS) is 10.9. The average molecular weight is 223 g/mol. The molecule has 0 aromatic carbocycles. The molecule has 0 spiro atoms. The van der Waals surface area contributed by atoms with Crippen LogP contribution in [-0.2, 0) is 11.8 Å². The Morgan fingerprint density at radius 2 is 2.27 bits per heavy atom. The molecule has 2 aromatic heterocycles. The molecule has 80 valence electrons. The number of fused-ring (bicyclic) bond motifs is 1. The number of carbonyl (C=O) groups excluding carboxylic acids is 1. The van der Waals surface area contributed by atoms with Gasteiger partial charge in [-0.05, 0) is 26.0 Å². The number of hydrogen-bond donors (Lipinski definition) is 0. The summed E-state index contributed by atoms with van der Waals surface area (Å²) in [6.45, 7) is 4.29. The molecule has 15 heavy (non-hydrogen) atoms. The van der Waals surface area contributed by atoms with Gasteiger partial charge in [0.1, 0.15) is 5.69 Å². The summed E-state index contributed by atoms with van der Waals surface area (Å²) in [5.41, 5.74) is 1.72. The Kier molecular flexibility index (Phi) is 2.52. The van der Waals surface area contributed by atoms with Gasteiger partial charge in [0.05, 0.1) is 16.8 Å². The van der Waals surface area contributed by atoms with Gasteiger partial charge in [-0.2, -0.15) is 0 Å². The summed E-state index contributed by atoms with van der Waals surface area (Å²) in [5.74, 6) is -0.249. The van der Waals surface area contributed by atoms with Crippen LogP contribution < -0.4 is 0 Å². The van der Waals surface area contributed by atoms with E-state index in [4.69, 9.17) is 4.74 Å². The van der Waals surface area contributed by atoms with Crippen molar-refractivity contribution in [1.82, 2.24) is 4.57 Å². The minimum Gasteiger partial charge on any atom is -0.461 e. The monoisotopic (exact) mass is 223 g/mol. The van der Waals surface area contributed by atoms with Crippen LogP contribution >= 0.6 is 11.3 Å². The van der Waals surface area contributed by atoms with E-state index in [1.807, 2.05) is 24.6 Å². The van der Waals surface area contributed by atoms with Crippen molar-refractivity contribution >= 4 is 27.5 Å². The van der Waals surface area contributed by atoms with Crippen LogP contribution in [0.15, 0.2) is 12.1 Å². The third-order valence-corrected chi connectivity index (χ3v) is 3.33. The van der Waals surface area contributed by atoms with E-state index in [1.54, 1.807) is 11.3 Å². The second-order valence-electron chi connectivity index (χ2n) is 3.42. The van der Waals surface area contributed by atoms with Gasteiger partial charge in [0, 0.05) is 11.9 Å². The van der Waals surface area contributed by atoms with Crippen molar-refractivity contribution in [2.24, 2.45) is 7.05 Å². The smallest absolute Gasteiger partial charge is 0.354 e. The number of esters is 1. The predicted molar refractivity (Wildman–Crippen MR) is 61.5 cm³/mol. The van der Waals surface area contributed by atoms with E-state index < -0.39 is 0 Å². The largest absolute Gasteiger partial charge is 0.461 e. The predicted octanol–water partition coefficient (Wildman–Crippen LogP) is 2.72. The van der Waals surface area contributed by atoms with Crippen LogP contribution in [0.4, 0.5) is 0 Å². The summed E-state index contributed by atoms with van der Waals surface area (Å²) in [6, 6.07) is 3.98. The van der Waals surface area contributed by atoms with E-state index in [1.165, 1.54) is 4.88 Å². The highest BCUT2D eigenvalue weighted by atomic mass is 32.1. The molecule has 0 fully saturated rings. The van der Waals surface area contributed by atoms with Gasteiger partial charge in [-0.1, -0.05) is 0 Å². The molecule has 0 aliphatic heterocycles. The molecule has 0 amide bonds. The summed E-state index contributed by atoms with van der Waals surface area (Å²) in [7, 11) is 1.89. The average Bonchev–Trinajstić information content (AvgIpc) is 2.66. The molecule has 2 heterocycles. The highest BCUT2D eigenvalue weighted by Crippen LogP contribution is 2.27. The van der Waals surface area contributed by atoms with E-state index in [9.17, 15) is 4.79 Å². The molecule has 0 aliphatic carbocycles. The summed E-state index contributed by atoms with van der Waals surface area (Å²) in [4.78, 5) is 12.8. The lowest BCUT2D eigenvalue weighted by molar-refractivity contribution is 0.0516. The van der Waals surface area contributed by atoms with Crippen LogP contribution in [0.3, 0.4) is 0 Å². The number of aryl methyl sites for hydroxylation is 2. The van der Waals surface area contributed by atoms with E-state index in [2.05, 4.69) is 13.0 Å². The molecular weight excluding hydrogens is 210 g/mol. The Morgan fingerprint density at radius 1 is 1.53 bits per heavy atom. The second kappa shape index (κ2) is 3.70. The zero-order valence-electron chi connectivity index (χ0n) is 9.03. The number of aromatic nitrogens is 1. The van der Waals surface area contributed by atoms with Gasteiger partial charge in [0.25, 0.3) is 0 Å². The maximum absolute atomic E-state index is 11.6. The Hall–Kier alpha value is -1.29. The van der Waals surface area contributed by atoms with Crippen LogP contribution in [0.5, 0.6) is 0 Å². The molecule has 0 radical (unpaired) electrons. The van der Waals surface area contributed by atoms with Crippen LogP contribution in [0.1, 0.15) is 22.3 Å². The van der Waals surface area contributed by atoms with Gasteiger partial charge < -0.3 is 9.30 Å². The highest BCUT2D eigenvalue weighted by molar-refractivity contribution is 7.19. The van der Waals surface area contributed by atoms with Gasteiger partial charge >= 0.3 is 5.97 Å². The lowest BCUT2D eigenvalue weighted by Gasteiger charge is -2.02. The lowest BCUT2D eigenvalue weighted by Crippen LogP contribution is -2.09. The van der Waals surface area contributed by atoms with Gasteiger partial charge in [-0.3, -0.25) is 0 Å². The minimum atomic E-state index is -0.249. The summed E-state index contributed by atoms with van der Waals surface area (Å²) in [6.07, 6.45) is 0. The van der Waals surface area contributed by atoms with Crippen molar-refractivity contribution in [3.8, 4) is 0 Å².